The molecule has 1 aromatic rings. The second-order valence-electron chi connectivity index (χ2n) is 3.42. The predicted octanol–water partition coefficient (Wildman–Crippen LogP) is 2.84. The largest absolute Gasteiger partial charge is 0.374 e. The summed E-state index contributed by atoms with van der Waals surface area (Å²) in [6, 6.07) is 5.28. The maximum absolute atomic E-state index is 13.8. The van der Waals surface area contributed by atoms with Gasteiger partial charge in [-0.25, -0.2) is 4.39 Å². The molecule has 13 heavy (non-hydrogen) atoms. The number of alkyl halides is 1. The van der Waals surface area contributed by atoms with Crippen LogP contribution < -0.4 is 0 Å². The molecule has 0 bridgehead atoms. The lowest BCUT2D eigenvalue weighted by Crippen LogP contribution is -2.42. The Bertz CT molecular complexity index is 334. The van der Waals surface area contributed by atoms with Crippen LogP contribution in [0.3, 0.4) is 0 Å². The molecule has 0 saturated carbocycles. The summed E-state index contributed by atoms with van der Waals surface area (Å²) in [5.74, 6) is 0. The lowest BCUT2D eigenvalue weighted by Gasteiger charge is -2.34. The van der Waals surface area contributed by atoms with E-state index < -0.39 is 5.67 Å². The molecule has 1 aliphatic heterocycles. The Balaban J connectivity index is 2.36. The monoisotopic (exact) mass is 200 g/mol. The number of rotatable bonds is 1. The lowest BCUT2D eigenvalue weighted by atomic mass is 9.93. The number of benzene rings is 1. The number of ether oxygens (including phenoxy) is 1. The first-order valence-corrected chi connectivity index (χ1v) is 4.53. The van der Waals surface area contributed by atoms with Crippen molar-refractivity contribution in [3.8, 4) is 0 Å². The highest BCUT2D eigenvalue weighted by Crippen LogP contribution is 2.35. The fourth-order valence-corrected chi connectivity index (χ4v) is 1.50. The predicted molar refractivity (Wildman–Crippen MR) is 49.8 cm³/mol. The van der Waals surface area contributed by atoms with Gasteiger partial charge in [0.05, 0.1) is 13.2 Å². The van der Waals surface area contributed by atoms with E-state index in [1.54, 1.807) is 12.1 Å². The molecule has 0 aliphatic carbocycles. The second kappa shape index (κ2) is 2.96. The molecule has 1 heterocycles. The molecule has 0 radical (unpaired) electrons. The zero-order chi connectivity index (χ0) is 9.47. The van der Waals surface area contributed by atoms with E-state index in [0.29, 0.717) is 10.6 Å². The normalized spacial score (nSPS) is 19.6. The average molecular weight is 201 g/mol. The zero-order valence-electron chi connectivity index (χ0n) is 7.31. The maximum Gasteiger partial charge on any atom is 0.182 e. The molecule has 0 aromatic heterocycles. The van der Waals surface area contributed by atoms with Crippen LogP contribution in [0, 0.1) is 6.92 Å². The van der Waals surface area contributed by atoms with Crippen molar-refractivity contribution in [3.63, 3.8) is 0 Å². The molecular weight excluding hydrogens is 191 g/mol. The summed E-state index contributed by atoms with van der Waals surface area (Å²) in [6.45, 7) is 2.19. The van der Waals surface area contributed by atoms with Crippen molar-refractivity contribution in [2.24, 2.45) is 0 Å². The summed E-state index contributed by atoms with van der Waals surface area (Å²) < 4.78 is 18.6. The van der Waals surface area contributed by atoms with Crippen LogP contribution in [-0.4, -0.2) is 13.2 Å². The highest BCUT2D eigenvalue weighted by molar-refractivity contribution is 6.31. The van der Waals surface area contributed by atoms with Crippen LogP contribution in [0.15, 0.2) is 18.2 Å². The first kappa shape index (κ1) is 8.97. The fraction of sp³-hybridized carbons (Fsp3) is 0.400. The smallest absolute Gasteiger partial charge is 0.182 e. The van der Waals surface area contributed by atoms with Crippen LogP contribution in [0.2, 0.25) is 5.02 Å². The minimum atomic E-state index is -1.31. The Morgan fingerprint density at radius 2 is 2.15 bits per heavy atom. The van der Waals surface area contributed by atoms with Crippen LogP contribution in [0.25, 0.3) is 0 Å². The first-order chi connectivity index (χ1) is 6.12. The van der Waals surface area contributed by atoms with Gasteiger partial charge in [-0.2, -0.15) is 0 Å². The number of halogens is 2. The van der Waals surface area contributed by atoms with Gasteiger partial charge >= 0.3 is 0 Å². The topological polar surface area (TPSA) is 9.23 Å². The van der Waals surface area contributed by atoms with Gasteiger partial charge in [0.15, 0.2) is 5.67 Å². The molecule has 3 heteroatoms. The Labute approximate surface area is 81.5 Å². The minimum Gasteiger partial charge on any atom is -0.374 e. The summed E-state index contributed by atoms with van der Waals surface area (Å²) in [6.07, 6.45) is 0. The molecule has 0 unspecified atom stereocenters. The maximum atomic E-state index is 13.8. The molecule has 1 nitrogen and oxygen atoms in total. The van der Waals surface area contributed by atoms with E-state index in [1.807, 2.05) is 13.0 Å². The van der Waals surface area contributed by atoms with E-state index in [9.17, 15) is 4.39 Å². The lowest BCUT2D eigenvalue weighted by molar-refractivity contribution is -0.135. The van der Waals surface area contributed by atoms with Crippen molar-refractivity contribution < 1.29 is 9.13 Å². The number of hydrogen-bond donors (Lipinski definition) is 0. The first-order valence-electron chi connectivity index (χ1n) is 4.15. The van der Waals surface area contributed by atoms with Crippen molar-refractivity contribution >= 4 is 11.6 Å². The van der Waals surface area contributed by atoms with E-state index in [2.05, 4.69) is 0 Å². The Hall–Kier alpha value is -0.600. The summed E-state index contributed by atoms with van der Waals surface area (Å²) in [5.41, 5.74) is 0.278. The van der Waals surface area contributed by atoms with Crippen molar-refractivity contribution in [3.05, 3.63) is 34.3 Å². The highest BCUT2D eigenvalue weighted by atomic mass is 35.5. The van der Waals surface area contributed by atoms with Gasteiger partial charge in [-0.05, 0) is 24.1 Å². The molecule has 1 aromatic carbocycles. The SMILES string of the molecule is Cc1ccc(C2(F)COC2)cc1Cl. The summed E-state index contributed by atoms with van der Waals surface area (Å²) in [4.78, 5) is 0. The van der Waals surface area contributed by atoms with Crippen molar-refractivity contribution in [1.82, 2.24) is 0 Å². The van der Waals surface area contributed by atoms with E-state index >= 15 is 0 Å². The second-order valence-corrected chi connectivity index (χ2v) is 3.83. The molecule has 1 aliphatic rings. The summed E-state index contributed by atoms with van der Waals surface area (Å²) >= 11 is 5.89. The van der Waals surface area contributed by atoms with Gasteiger partial charge in [0.2, 0.25) is 0 Å². The molecule has 1 saturated heterocycles. The average Bonchev–Trinajstić information content (AvgIpc) is 2.06. The fourth-order valence-electron chi connectivity index (χ4n) is 1.32. The molecule has 0 spiro atoms. The van der Waals surface area contributed by atoms with E-state index in [1.165, 1.54) is 0 Å². The summed E-state index contributed by atoms with van der Waals surface area (Å²) in [5, 5.41) is 0.612. The molecule has 0 N–H and O–H groups in total. The van der Waals surface area contributed by atoms with Crippen LogP contribution in [0.1, 0.15) is 11.1 Å². The van der Waals surface area contributed by atoms with Gasteiger partial charge < -0.3 is 4.74 Å². The molecule has 1 fully saturated rings. The Morgan fingerprint density at radius 1 is 1.46 bits per heavy atom. The van der Waals surface area contributed by atoms with Gasteiger partial charge in [0.25, 0.3) is 0 Å². The van der Waals surface area contributed by atoms with Crippen molar-refractivity contribution in [2.45, 2.75) is 12.6 Å². The molecule has 70 valence electrons. The third kappa shape index (κ3) is 1.45. The van der Waals surface area contributed by atoms with Crippen molar-refractivity contribution in [1.29, 1.82) is 0 Å². The third-order valence-electron chi connectivity index (χ3n) is 2.35. The molecule has 0 amide bonds. The van der Waals surface area contributed by atoms with E-state index in [4.69, 9.17) is 16.3 Å². The summed E-state index contributed by atoms with van der Waals surface area (Å²) in [7, 11) is 0. The standard InChI is InChI=1S/C10H10ClFO/c1-7-2-3-8(4-9(7)11)10(12)5-13-6-10/h2-4H,5-6H2,1H3. The van der Waals surface area contributed by atoms with Gasteiger partial charge in [-0.15, -0.1) is 0 Å². The van der Waals surface area contributed by atoms with E-state index in [-0.39, 0.29) is 13.2 Å². The highest BCUT2D eigenvalue weighted by Gasteiger charge is 2.40. The molecule has 0 atom stereocenters. The van der Waals surface area contributed by atoms with Crippen LogP contribution in [-0.2, 0) is 10.4 Å². The van der Waals surface area contributed by atoms with Crippen LogP contribution >= 0.6 is 11.6 Å². The number of hydrogen-bond acceptors (Lipinski definition) is 1. The number of aryl methyl sites for hydroxylation is 1. The molecule has 2 rings (SSSR count). The molecular formula is C10H10ClFO. The Morgan fingerprint density at radius 3 is 2.62 bits per heavy atom. The van der Waals surface area contributed by atoms with Gasteiger partial charge in [-0.3, -0.25) is 0 Å². The minimum absolute atomic E-state index is 0.145. The quantitative estimate of drug-likeness (QED) is 0.678. The van der Waals surface area contributed by atoms with Gasteiger partial charge in [-0.1, -0.05) is 23.7 Å². The van der Waals surface area contributed by atoms with Crippen LogP contribution in [0.4, 0.5) is 4.39 Å². The van der Waals surface area contributed by atoms with Crippen molar-refractivity contribution in [2.75, 3.05) is 13.2 Å². The Kier molecular flexibility index (Phi) is 2.05. The van der Waals surface area contributed by atoms with Gasteiger partial charge in [0.1, 0.15) is 0 Å². The van der Waals surface area contributed by atoms with E-state index in [0.717, 1.165) is 5.56 Å². The zero-order valence-corrected chi connectivity index (χ0v) is 8.07. The third-order valence-corrected chi connectivity index (χ3v) is 2.76. The van der Waals surface area contributed by atoms with Crippen LogP contribution in [0.5, 0.6) is 0 Å². The van der Waals surface area contributed by atoms with Gasteiger partial charge in [0, 0.05) is 5.02 Å².